The van der Waals surface area contributed by atoms with Gasteiger partial charge < -0.3 is 27.1 Å². The van der Waals surface area contributed by atoms with Crippen LogP contribution in [0.15, 0.2) is 135 Å². The van der Waals surface area contributed by atoms with Crippen molar-refractivity contribution in [3.63, 3.8) is 0 Å². The Bertz CT molecular complexity index is 2240. The molecule has 1 aliphatic heterocycles. The van der Waals surface area contributed by atoms with Crippen LogP contribution in [-0.4, -0.2) is 7.11 Å². The Labute approximate surface area is 307 Å². The van der Waals surface area contributed by atoms with Crippen molar-refractivity contribution in [2.75, 3.05) is 7.11 Å². The average molecular weight is 810 g/mol. The second-order valence-electron chi connectivity index (χ2n) is 11.9. The number of alkyl halides is 6. The summed E-state index contributed by atoms with van der Waals surface area (Å²) in [6.07, 6.45) is -9.51. The SMILES string of the molecule is COP1(Oc2cccc(C)c2)=NP(Oc2cccc(C)c2)(Oc2cccc(C(F)(F)F)c2)=NP(Oc2cccc(C)c2)(Oc2cccc(C(F)(F)F)c2)=N1. The molecule has 3 unspecified atom stereocenters. The van der Waals surface area contributed by atoms with Gasteiger partial charge in [0.1, 0.15) is 28.7 Å². The first kappa shape index (κ1) is 39.0. The maximum absolute atomic E-state index is 14.0. The third-order valence-corrected chi connectivity index (χ3v) is 15.5. The summed E-state index contributed by atoms with van der Waals surface area (Å²) in [6.45, 7) is 5.36. The smallest absolute Gasteiger partial charge is 0.422 e. The summed E-state index contributed by atoms with van der Waals surface area (Å²) in [5, 5.41) is 0. The average Bonchev–Trinajstić information content (AvgIpc) is 3.07. The van der Waals surface area contributed by atoms with Crippen LogP contribution in [0.25, 0.3) is 0 Å². The van der Waals surface area contributed by atoms with E-state index in [1.807, 2.05) is 0 Å². The fraction of sp³-hybridized carbons (Fsp3) is 0.167. The number of rotatable bonds is 11. The molecule has 0 aromatic heterocycles. The summed E-state index contributed by atoms with van der Waals surface area (Å²) in [7, 11) is -12.0. The van der Waals surface area contributed by atoms with Gasteiger partial charge in [-0.2, -0.15) is 26.3 Å². The first-order valence-corrected chi connectivity index (χ1v) is 20.6. The second-order valence-corrected chi connectivity index (χ2v) is 18.2. The van der Waals surface area contributed by atoms with E-state index in [2.05, 4.69) is 0 Å². The molecule has 5 aromatic carbocycles. The van der Waals surface area contributed by atoms with Crippen LogP contribution in [-0.2, 0) is 16.9 Å². The van der Waals surface area contributed by atoms with Crippen LogP contribution >= 0.6 is 23.0 Å². The molecule has 6 rings (SSSR count). The summed E-state index contributed by atoms with van der Waals surface area (Å²) in [5.41, 5.74) is 0.144. The van der Waals surface area contributed by atoms with Crippen molar-refractivity contribution in [2.45, 2.75) is 33.1 Å². The van der Waals surface area contributed by atoms with Crippen LogP contribution in [0.3, 0.4) is 0 Å². The topological polar surface area (TPSA) is 92.5 Å². The first-order chi connectivity index (χ1) is 25.5. The van der Waals surface area contributed by atoms with E-state index in [-0.39, 0.29) is 28.7 Å². The minimum absolute atomic E-state index is 0.127. The van der Waals surface area contributed by atoms with Crippen LogP contribution in [0.2, 0.25) is 0 Å². The zero-order valence-electron chi connectivity index (χ0n) is 28.9. The molecule has 0 radical (unpaired) electrons. The highest BCUT2D eigenvalue weighted by atomic mass is 31.3. The summed E-state index contributed by atoms with van der Waals surface area (Å²) in [4.78, 5) is 0. The van der Waals surface area contributed by atoms with Gasteiger partial charge in [-0.15, -0.1) is 9.03 Å². The Morgan fingerprint density at radius 3 is 1.00 bits per heavy atom. The van der Waals surface area contributed by atoms with Crippen molar-refractivity contribution in [3.05, 3.63) is 149 Å². The molecule has 1 heterocycles. The van der Waals surface area contributed by atoms with Crippen molar-refractivity contribution in [1.82, 2.24) is 0 Å². The highest BCUT2D eigenvalue weighted by Gasteiger charge is 2.48. The molecule has 0 amide bonds. The van der Waals surface area contributed by atoms with Crippen molar-refractivity contribution < 1.29 is 53.5 Å². The summed E-state index contributed by atoms with van der Waals surface area (Å²) in [6, 6.07) is 27.9. The first-order valence-electron chi connectivity index (χ1n) is 16.0. The monoisotopic (exact) mass is 809 g/mol. The van der Waals surface area contributed by atoms with Gasteiger partial charge in [0.25, 0.3) is 0 Å². The lowest BCUT2D eigenvalue weighted by Gasteiger charge is -2.33. The molecule has 0 saturated heterocycles. The zero-order valence-corrected chi connectivity index (χ0v) is 31.6. The van der Waals surface area contributed by atoms with Crippen LogP contribution in [0, 0.1) is 20.8 Å². The minimum Gasteiger partial charge on any atom is -0.422 e. The number of hydrogen-bond donors (Lipinski definition) is 0. The Hall–Kier alpha value is -4.67. The lowest BCUT2D eigenvalue weighted by Crippen LogP contribution is -2.11. The van der Waals surface area contributed by atoms with Gasteiger partial charge in [0.2, 0.25) is 0 Å². The molecule has 0 spiro atoms. The van der Waals surface area contributed by atoms with Crippen molar-refractivity contribution in [2.24, 2.45) is 13.5 Å². The lowest BCUT2D eigenvalue weighted by molar-refractivity contribution is -0.138. The number of benzene rings is 5. The molecule has 3 atom stereocenters. The van der Waals surface area contributed by atoms with Crippen molar-refractivity contribution in [1.29, 1.82) is 0 Å². The second kappa shape index (κ2) is 15.2. The molecule has 0 bridgehead atoms. The van der Waals surface area contributed by atoms with Crippen LogP contribution in [0.4, 0.5) is 26.3 Å². The number of hydrogen-bond acceptors (Lipinski definition) is 9. The van der Waals surface area contributed by atoms with Gasteiger partial charge in [0, 0.05) is 7.11 Å². The van der Waals surface area contributed by atoms with Gasteiger partial charge >= 0.3 is 35.3 Å². The molecule has 18 heteroatoms. The summed E-state index contributed by atoms with van der Waals surface area (Å²) >= 11 is 0. The Kier molecular flexibility index (Phi) is 11.0. The largest absolute Gasteiger partial charge is 0.460 e. The highest BCUT2D eigenvalue weighted by Crippen LogP contribution is 2.78. The Morgan fingerprint density at radius 1 is 0.407 bits per heavy atom. The molecule has 9 nitrogen and oxygen atoms in total. The van der Waals surface area contributed by atoms with Crippen LogP contribution in [0.5, 0.6) is 28.7 Å². The zero-order chi connectivity index (χ0) is 38.8. The molecule has 5 aromatic rings. The van der Waals surface area contributed by atoms with E-state index >= 15 is 0 Å². The van der Waals surface area contributed by atoms with E-state index in [4.69, 9.17) is 40.7 Å². The van der Waals surface area contributed by atoms with E-state index in [1.165, 1.54) is 19.2 Å². The summed E-state index contributed by atoms with van der Waals surface area (Å²) in [5.74, 6) is -0.264. The standard InChI is InChI=1S/C36H32F6N3O6P3/c1-25-10-5-15-30(20-25)47-52(46-4)43-53(48-31-16-6-11-26(2)21-31,50-33-18-8-13-28(23-33)35(37,38)39)45-54(44-52,49-32-17-7-12-27(3)22-32)51-34-19-9-14-29(24-34)36(40,41)42/h5-24H,1-4H3. The Balaban J connectivity index is 1.70. The molecular formula is C36H32F6N3O6P3. The molecule has 284 valence electrons. The van der Waals surface area contributed by atoms with E-state index in [9.17, 15) is 26.3 Å². The van der Waals surface area contributed by atoms with E-state index < -0.39 is 46.5 Å². The van der Waals surface area contributed by atoms with Gasteiger partial charge in [-0.3, -0.25) is 0 Å². The molecule has 0 N–H and O–H groups in total. The van der Waals surface area contributed by atoms with Crippen LogP contribution in [0.1, 0.15) is 27.8 Å². The maximum Gasteiger partial charge on any atom is 0.460 e. The summed E-state index contributed by atoms with van der Waals surface area (Å²) < 4.78 is 136. The van der Waals surface area contributed by atoms with E-state index in [0.29, 0.717) is 0 Å². The normalized spacial score (nSPS) is 21.1. The predicted octanol–water partition coefficient (Wildman–Crippen LogP) is 13.8. The number of halogens is 6. The maximum atomic E-state index is 14.0. The van der Waals surface area contributed by atoms with Crippen LogP contribution < -0.4 is 22.6 Å². The number of nitrogens with zero attached hydrogens (tertiary/aromatic N) is 3. The third kappa shape index (κ3) is 9.51. The van der Waals surface area contributed by atoms with Gasteiger partial charge in [0.05, 0.1) is 11.1 Å². The van der Waals surface area contributed by atoms with Gasteiger partial charge in [0.15, 0.2) is 0 Å². The molecule has 0 fully saturated rings. The number of aryl methyl sites for hydroxylation is 3. The highest BCUT2D eigenvalue weighted by molar-refractivity contribution is 7.78. The van der Waals surface area contributed by atoms with Gasteiger partial charge in [-0.1, -0.05) is 53.0 Å². The predicted molar refractivity (Wildman–Crippen MR) is 195 cm³/mol. The van der Waals surface area contributed by atoms with Crippen molar-refractivity contribution in [3.8, 4) is 28.7 Å². The van der Waals surface area contributed by atoms with Gasteiger partial charge in [-0.05, 0) is 110 Å². The lowest BCUT2D eigenvalue weighted by atomic mass is 10.2. The third-order valence-electron chi connectivity index (χ3n) is 7.33. The molecule has 0 saturated carbocycles. The fourth-order valence-electron chi connectivity index (χ4n) is 4.97. The Morgan fingerprint density at radius 2 is 0.685 bits per heavy atom. The fourth-order valence-corrected chi connectivity index (χ4v) is 13.9. The van der Waals surface area contributed by atoms with E-state index in [1.54, 1.807) is 93.6 Å². The van der Waals surface area contributed by atoms with Crippen molar-refractivity contribution >= 4 is 23.0 Å². The minimum atomic E-state index is -4.76. The molecule has 0 aliphatic carbocycles. The van der Waals surface area contributed by atoms with Gasteiger partial charge in [-0.25, -0.2) is 0 Å². The molecule has 1 aliphatic rings. The quantitative estimate of drug-likeness (QED) is 0.0974. The molecular weight excluding hydrogens is 777 g/mol. The molecule has 54 heavy (non-hydrogen) atoms. The van der Waals surface area contributed by atoms with E-state index in [0.717, 1.165) is 53.1 Å².